The van der Waals surface area contributed by atoms with Crippen LogP contribution >= 0.6 is 23.2 Å². The van der Waals surface area contributed by atoms with Gasteiger partial charge >= 0.3 is 0 Å². The summed E-state index contributed by atoms with van der Waals surface area (Å²) in [6.07, 6.45) is 0. The lowest BCUT2D eigenvalue weighted by Gasteiger charge is -2.14. The zero-order chi connectivity index (χ0) is 14.3. The standard InChI is InChI=1S/C14H8Cl2N2O2/c15-10-5-6-12(16)17-11(10)7-18-13(19)8-3-1-2-4-9(8)14(18)20/h1-6H,7H2. The zero-order valence-corrected chi connectivity index (χ0v) is 11.6. The number of hydrogen-bond acceptors (Lipinski definition) is 3. The third-order valence-electron chi connectivity index (χ3n) is 3.07. The summed E-state index contributed by atoms with van der Waals surface area (Å²) in [6.45, 7) is 0.00569. The van der Waals surface area contributed by atoms with Gasteiger partial charge in [-0.1, -0.05) is 35.3 Å². The monoisotopic (exact) mass is 306 g/mol. The lowest BCUT2D eigenvalue weighted by Crippen LogP contribution is -2.29. The van der Waals surface area contributed by atoms with Crippen LogP contribution in [0.25, 0.3) is 0 Å². The van der Waals surface area contributed by atoms with Crippen molar-refractivity contribution in [3.8, 4) is 0 Å². The molecule has 0 radical (unpaired) electrons. The molecule has 0 fully saturated rings. The minimum Gasteiger partial charge on any atom is -0.269 e. The van der Waals surface area contributed by atoms with Crippen molar-refractivity contribution in [1.82, 2.24) is 9.88 Å². The van der Waals surface area contributed by atoms with Gasteiger partial charge in [0.05, 0.1) is 28.4 Å². The Kier molecular flexibility index (Phi) is 3.20. The molecule has 0 saturated heterocycles. The lowest BCUT2D eigenvalue weighted by molar-refractivity contribution is 0.0640. The van der Waals surface area contributed by atoms with Gasteiger partial charge in [-0.3, -0.25) is 14.5 Å². The highest BCUT2D eigenvalue weighted by atomic mass is 35.5. The molecular weight excluding hydrogens is 299 g/mol. The summed E-state index contributed by atoms with van der Waals surface area (Å²) in [5, 5.41) is 0.631. The van der Waals surface area contributed by atoms with Crippen LogP contribution in [0.5, 0.6) is 0 Å². The number of carbonyl (C=O) groups excluding carboxylic acids is 2. The van der Waals surface area contributed by atoms with Gasteiger partial charge < -0.3 is 0 Å². The van der Waals surface area contributed by atoms with Gasteiger partial charge in [0.15, 0.2) is 0 Å². The topological polar surface area (TPSA) is 50.3 Å². The highest BCUT2D eigenvalue weighted by molar-refractivity contribution is 6.32. The first kappa shape index (κ1) is 13.1. The summed E-state index contributed by atoms with van der Waals surface area (Å²) in [7, 11) is 0. The summed E-state index contributed by atoms with van der Waals surface area (Å²) in [5.74, 6) is -0.688. The minimum atomic E-state index is -0.344. The molecule has 0 aliphatic carbocycles. The highest BCUT2D eigenvalue weighted by Crippen LogP contribution is 2.26. The Balaban J connectivity index is 1.96. The van der Waals surface area contributed by atoms with Crippen LogP contribution in [0.1, 0.15) is 26.4 Å². The van der Waals surface area contributed by atoms with Gasteiger partial charge in [0.25, 0.3) is 11.8 Å². The molecule has 20 heavy (non-hydrogen) atoms. The molecule has 1 aromatic carbocycles. The first-order chi connectivity index (χ1) is 9.58. The Morgan fingerprint density at radius 3 is 2.15 bits per heavy atom. The number of carbonyl (C=O) groups is 2. The van der Waals surface area contributed by atoms with E-state index in [1.54, 1.807) is 36.4 Å². The zero-order valence-electron chi connectivity index (χ0n) is 10.1. The average molecular weight is 307 g/mol. The maximum Gasteiger partial charge on any atom is 0.261 e. The predicted molar refractivity (Wildman–Crippen MR) is 74.9 cm³/mol. The molecule has 4 nitrogen and oxygen atoms in total. The number of benzene rings is 1. The Morgan fingerprint density at radius 2 is 1.55 bits per heavy atom. The Bertz CT molecular complexity index is 696. The van der Waals surface area contributed by atoms with E-state index in [9.17, 15) is 9.59 Å². The van der Waals surface area contributed by atoms with Crippen molar-refractivity contribution >= 4 is 35.0 Å². The van der Waals surface area contributed by atoms with E-state index in [4.69, 9.17) is 23.2 Å². The molecule has 2 heterocycles. The molecule has 0 saturated carbocycles. The number of aromatic nitrogens is 1. The van der Waals surface area contributed by atoms with E-state index in [0.717, 1.165) is 4.90 Å². The Morgan fingerprint density at radius 1 is 0.950 bits per heavy atom. The maximum absolute atomic E-state index is 12.2. The van der Waals surface area contributed by atoms with E-state index in [2.05, 4.69) is 4.98 Å². The minimum absolute atomic E-state index is 0.00569. The molecule has 6 heteroatoms. The van der Waals surface area contributed by atoms with Crippen LogP contribution in [0, 0.1) is 0 Å². The van der Waals surface area contributed by atoms with Crippen LogP contribution < -0.4 is 0 Å². The van der Waals surface area contributed by atoms with Gasteiger partial charge in [-0.2, -0.15) is 0 Å². The van der Waals surface area contributed by atoms with Crippen molar-refractivity contribution in [2.75, 3.05) is 0 Å². The number of nitrogens with zero attached hydrogens (tertiary/aromatic N) is 2. The molecule has 2 amide bonds. The maximum atomic E-state index is 12.2. The third kappa shape index (κ3) is 2.07. The van der Waals surface area contributed by atoms with Crippen LogP contribution in [-0.2, 0) is 6.54 Å². The number of hydrogen-bond donors (Lipinski definition) is 0. The van der Waals surface area contributed by atoms with Crippen molar-refractivity contribution in [2.45, 2.75) is 6.54 Å². The van der Waals surface area contributed by atoms with Gasteiger partial charge in [0.2, 0.25) is 0 Å². The van der Waals surface area contributed by atoms with Gasteiger partial charge in [0, 0.05) is 0 Å². The molecule has 1 aliphatic rings. The van der Waals surface area contributed by atoms with Crippen LogP contribution in [0.3, 0.4) is 0 Å². The van der Waals surface area contributed by atoms with Crippen molar-refractivity contribution in [3.05, 3.63) is 63.4 Å². The van der Waals surface area contributed by atoms with E-state index < -0.39 is 0 Å². The molecular formula is C14H8Cl2N2O2. The van der Waals surface area contributed by atoms with E-state index >= 15 is 0 Å². The lowest BCUT2D eigenvalue weighted by atomic mass is 10.1. The number of amides is 2. The summed E-state index contributed by atoms with van der Waals surface area (Å²) in [6, 6.07) is 9.83. The first-order valence-electron chi connectivity index (χ1n) is 5.84. The van der Waals surface area contributed by atoms with Gasteiger partial charge in [0.1, 0.15) is 5.15 Å². The normalized spacial score (nSPS) is 13.8. The van der Waals surface area contributed by atoms with Crippen molar-refractivity contribution in [2.24, 2.45) is 0 Å². The van der Waals surface area contributed by atoms with E-state index in [1.807, 2.05) is 0 Å². The molecule has 2 aromatic rings. The molecule has 0 unspecified atom stereocenters. The number of rotatable bonds is 2. The summed E-state index contributed by atoms with van der Waals surface area (Å²) in [4.78, 5) is 29.6. The molecule has 1 aliphatic heterocycles. The molecule has 0 atom stereocenters. The Hall–Kier alpha value is -1.91. The highest BCUT2D eigenvalue weighted by Gasteiger charge is 2.35. The molecule has 100 valence electrons. The van der Waals surface area contributed by atoms with Gasteiger partial charge in [-0.25, -0.2) is 4.98 Å². The second-order valence-corrected chi connectivity index (χ2v) is 5.10. The summed E-state index contributed by atoms with van der Waals surface area (Å²) >= 11 is 11.8. The summed E-state index contributed by atoms with van der Waals surface area (Å²) < 4.78 is 0. The van der Waals surface area contributed by atoms with Crippen molar-refractivity contribution < 1.29 is 9.59 Å². The summed E-state index contributed by atoms with van der Waals surface area (Å²) in [5.41, 5.74) is 1.19. The molecule has 0 N–H and O–H groups in total. The van der Waals surface area contributed by atoms with E-state index in [0.29, 0.717) is 21.8 Å². The second-order valence-electron chi connectivity index (χ2n) is 4.30. The van der Waals surface area contributed by atoms with Crippen LogP contribution in [0.15, 0.2) is 36.4 Å². The number of imide groups is 1. The quantitative estimate of drug-likeness (QED) is 0.632. The fraction of sp³-hybridized carbons (Fsp3) is 0.0714. The van der Waals surface area contributed by atoms with Crippen LogP contribution in [0.2, 0.25) is 10.2 Å². The average Bonchev–Trinajstić information content (AvgIpc) is 2.68. The number of halogens is 2. The SMILES string of the molecule is O=C1c2ccccc2C(=O)N1Cc1nc(Cl)ccc1Cl. The van der Waals surface area contributed by atoms with Crippen LogP contribution in [-0.4, -0.2) is 21.7 Å². The van der Waals surface area contributed by atoms with Crippen LogP contribution in [0.4, 0.5) is 0 Å². The first-order valence-corrected chi connectivity index (χ1v) is 6.59. The second kappa shape index (κ2) is 4.89. The molecule has 0 bridgehead atoms. The fourth-order valence-electron chi connectivity index (χ4n) is 2.10. The smallest absolute Gasteiger partial charge is 0.261 e. The van der Waals surface area contributed by atoms with Gasteiger partial charge in [-0.05, 0) is 24.3 Å². The molecule has 3 rings (SSSR count). The van der Waals surface area contributed by atoms with Gasteiger partial charge in [-0.15, -0.1) is 0 Å². The third-order valence-corrected chi connectivity index (χ3v) is 3.63. The fourth-order valence-corrected chi connectivity index (χ4v) is 2.43. The number of pyridine rings is 1. The van der Waals surface area contributed by atoms with Crippen molar-refractivity contribution in [3.63, 3.8) is 0 Å². The molecule has 0 spiro atoms. The molecule has 1 aromatic heterocycles. The van der Waals surface area contributed by atoms with E-state index in [-0.39, 0.29) is 23.5 Å². The van der Waals surface area contributed by atoms with E-state index in [1.165, 1.54) is 0 Å². The number of fused-ring (bicyclic) bond motifs is 1. The Labute approximate surface area is 124 Å². The predicted octanol–water partition coefficient (Wildman–Crippen LogP) is 3.18. The van der Waals surface area contributed by atoms with Crippen molar-refractivity contribution in [1.29, 1.82) is 0 Å². The largest absolute Gasteiger partial charge is 0.269 e.